The van der Waals surface area contributed by atoms with E-state index >= 15 is 4.39 Å². The molecule has 0 amide bonds. The summed E-state index contributed by atoms with van der Waals surface area (Å²) in [5, 5.41) is 31.1. The Hall–Kier alpha value is -3.15. The maximum absolute atomic E-state index is 15.4. The molecule has 5 rings (SSSR count). The summed E-state index contributed by atoms with van der Waals surface area (Å²) >= 11 is 0. The number of piperidine rings is 1. The van der Waals surface area contributed by atoms with Crippen molar-refractivity contribution in [3.8, 4) is 28.3 Å². The molecule has 0 saturated carbocycles. The van der Waals surface area contributed by atoms with Gasteiger partial charge < -0.3 is 15.0 Å². The molecule has 3 aromatic heterocycles. The number of hydrogen-bond acceptors (Lipinski definition) is 8. The smallest absolute Gasteiger partial charge is 0.253 e. The van der Waals surface area contributed by atoms with Gasteiger partial charge in [0.05, 0.1) is 23.8 Å². The zero-order chi connectivity index (χ0) is 25.1. The number of alkyl halides is 1. The lowest BCUT2D eigenvalue weighted by Crippen LogP contribution is -2.64. The second-order valence-electron chi connectivity index (χ2n) is 10.3. The van der Waals surface area contributed by atoms with Crippen molar-refractivity contribution in [2.24, 2.45) is 7.05 Å². The first kappa shape index (κ1) is 28.4. The van der Waals surface area contributed by atoms with Crippen LogP contribution in [0.3, 0.4) is 0 Å². The fourth-order valence-corrected chi connectivity index (χ4v) is 4.94. The van der Waals surface area contributed by atoms with E-state index in [1.807, 2.05) is 27.7 Å². The van der Waals surface area contributed by atoms with E-state index in [0.717, 1.165) is 0 Å². The molecule has 4 aromatic rings. The maximum atomic E-state index is 15.4. The van der Waals surface area contributed by atoms with Crippen LogP contribution in [-0.4, -0.2) is 57.1 Å². The van der Waals surface area contributed by atoms with Crippen molar-refractivity contribution >= 4 is 36.0 Å². The van der Waals surface area contributed by atoms with Gasteiger partial charge in [0, 0.05) is 35.3 Å². The third-order valence-electron chi connectivity index (χ3n) is 6.49. The van der Waals surface area contributed by atoms with Crippen molar-refractivity contribution < 1.29 is 9.50 Å². The topological polar surface area (TPSA) is 124 Å². The number of nitrogens with one attached hydrogen (secondary N) is 1. The summed E-state index contributed by atoms with van der Waals surface area (Å²) in [6.07, 6.45) is 0.734. The fraction of sp³-hybridized carbons (Fsp3) is 0.417. The molecule has 13 heteroatoms. The number of phenolic OH excluding ortho intramolecular Hbond substituents is 1. The van der Waals surface area contributed by atoms with Gasteiger partial charge in [-0.1, -0.05) is 11.3 Å². The summed E-state index contributed by atoms with van der Waals surface area (Å²) in [6, 6.07) is 7.46. The zero-order valence-electron chi connectivity index (χ0n) is 21.0. The van der Waals surface area contributed by atoms with Gasteiger partial charge in [-0.25, -0.2) is 14.1 Å². The number of benzene rings is 1. The number of aryl methyl sites for hydroxylation is 1. The summed E-state index contributed by atoms with van der Waals surface area (Å²) in [7, 11) is 1.62. The second kappa shape index (κ2) is 9.96. The second-order valence-corrected chi connectivity index (χ2v) is 10.3. The Morgan fingerprint density at radius 2 is 1.78 bits per heavy atom. The molecule has 2 atom stereocenters. The Morgan fingerprint density at radius 1 is 1.05 bits per heavy atom. The molecular weight excluding hydrogens is 522 g/mol. The third kappa shape index (κ3) is 5.16. The minimum atomic E-state index is -1.21. The van der Waals surface area contributed by atoms with Gasteiger partial charge in [0.1, 0.15) is 17.4 Å². The highest BCUT2D eigenvalue weighted by molar-refractivity contribution is 5.85. The van der Waals surface area contributed by atoms with Crippen molar-refractivity contribution in [2.45, 2.75) is 57.4 Å². The predicted octanol–water partition coefficient (Wildman–Crippen LogP) is 3.63. The number of nitrogens with zero attached hydrogens (tertiary/aromatic N) is 7. The van der Waals surface area contributed by atoms with Crippen LogP contribution in [0.15, 0.2) is 41.5 Å². The lowest BCUT2D eigenvalue weighted by atomic mass is 9.78. The van der Waals surface area contributed by atoms with E-state index < -0.39 is 17.8 Å². The van der Waals surface area contributed by atoms with Gasteiger partial charge in [-0.2, -0.15) is 0 Å². The first-order valence-corrected chi connectivity index (χ1v) is 11.3. The van der Waals surface area contributed by atoms with Crippen LogP contribution < -0.4 is 10.9 Å². The molecule has 10 nitrogen and oxygen atoms in total. The Labute approximate surface area is 225 Å². The van der Waals surface area contributed by atoms with E-state index in [2.05, 4.69) is 30.8 Å². The Balaban J connectivity index is 0.00000190. The first-order chi connectivity index (χ1) is 16.4. The average molecular weight is 551 g/mol. The Kier molecular flexibility index (Phi) is 7.65. The van der Waals surface area contributed by atoms with Crippen molar-refractivity contribution in [1.29, 1.82) is 0 Å². The average Bonchev–Trinajstić information content (AvgIpc) is 3.20. The molecule has 1 fully saturated rings. The molecule has 1 aliphatic heterocycles. The van der Waals surface area contributed by atoms with Gasteiger partial charge >= 0.3 is 0 Å². The summed E-state index contributed by atoms with van der Waals surface area (Å²) in [6.45, 7) is 7.74. The molecular formula is C24H29Cl2FN8O2. The van der Waals surface area contributed by atoms with Crippen LogP contribution in [0.25, 0.3) is 33.7 Å². The summed E-state index contributed by atoms with van der Waals surface area (Å²) in [5.74, 6) is -0.0447. The van der Waals surface area contributed by atoms with Gasteiger partial charge in [-0.15, -0.1) is 40.1 Å². The van der Waals surface area contributed by atoms with Crippen LogP contribution in [0.4, 0.5) is 4.39 Å². The monoisotopic (exact) mass is 550 g/mol. The summed E-state index contributed by atoms with van der Waals surface area (Å²) in [5.41, 5.74) is 1.47. The minimum absolute atomic E-state index is 0. The molecule has 1 saturated heterocycles. The molecule has 0 bridgehead atoms. The van der Waals surface area contributed by atoms with E-state index in [4.69, 9.17) is 0 Å². The van der Waals surface area contributed by atoms with Gasteiger partial charge in [0.15, 0.2) is 0 Å². The van der Waals surface area contributed by atoms with Crippen LogP contribution in [-0.2, 0) is 7.05 Å². The van der Waals surface area contributed by atoms with E-state index in [1.165, 1.54) is 27.7 Å². The van der Waals surface area contributed by atoms with Crippen molar-refractivity contribution in [3.63, 3.8) is 0 Å². The van der Waals surface area contributed by atoms with Crippen LogP contribution >= 0.6 is 24.8 Å². The number of aromatic hydroxyl groups is 1. The van der Waals surface area contributed by atoms with Crippen LogP contribution in [0.5, 0.6) is 5.75 Å². The van der Waals surface area contributed by atoms with Gasteiger partial charge in [-0.3, -0.25) is 4.79 Å². The molecule has 2 N–H and O–H groups in total. The molecule has 198 valence electrons. The molecule has 1 aliphatic rings. The largest absolute Gasteiger partial charge is 0.507 e. The quantitative estimate of drug-likeness (QED) is 0.396. The highest BCUT2D eigenvalue weighted by atomic mass is 35.5. The number of halogens is 3. The molecule has 1 aromatic carbocycles. The number of fused-ring (bicyclic) bond motifs is 1. The predicted molar refractivity (Wildman–Crippen MR) is 143 cm³/mol. The standard InChI is InChI=1S/C24H27FN8O2.2ClH/c1-23(2)11-18(21(25)24(3,4)30-23)33-22-17(28-31-33)9-16(27-29-22)14-7-6-13(8-19(14)34)15-10-20(35)32(5)12-26-15;;/h6-10,12,18,21,30,34H,11H2,1-5H3;2*1H/t18-,21-;;/m0../s1. The molecule has 4 heterocycles. The van der Waals surface area contributed by atoms with Crippen molar-refractivity contribution in [3.05, 3.63) is 47.0 Å². The SMILES string of the molecule is Cl.Cl.Cn1cnc(-c2ccc(-c3cc4nnn([C@H]5CC(C)(C)NC(C)(C)[C@H]5F)c4nn3)c(O)c2)cc1=O. The number of hydrogen-bond donors (Lipinski definition) is 2. The number of aromatic nitrogens is 7. The first-order valence-electron chi connectivity index (χ1n) is 11.3. The summed E-state index contributed by atoms with van der Waals surface area (Å²) < 4.78 is 18.3. The lowest BCUT2D eigenvalue weighted by molar-refractivity contribution is 0.0257. The molecule has 0 spiro atoms. The van der Waals surface area contributed by atoms with Crippen LogP contribution in [0.2, 0.25) is 0 Å². The summed E-state index contributed by atoms with van der Waals surface area (Å²) in [4.78, 5) is 16.2. The van der Waals surface area contributed by atoms with Crippen molar-refractivity contribution in [2.75, 3.05) is 0 Å². The Morgan fingerprint density at radius 3 is 2.46 bits per heavy atom. The van der Waals surface area contributed by atoms with E-state index in [9.17, 15) is 9.90 Å². The van der Waals surface area contributed by atoms with Gasteiger partial charge in [0.25, 0.3) is 5.56 Å². The maximum Gasteiger partial charge on any atom is 0.253 e. The highest BCUT2D eigenvalue weighted by Crippen LogP contribution is 2.39. The molecule has 0 aliphatic carbocycles. The van der Waals surface area contributed by atoms with E-state index in [1.54, 1.807) is 25.2 Å². The van der Waals surface area contributed by atoms with Gasteiger partial charge in [-0.05, 0) is 52.3 Å². The number of phenols is 1. The van der Waals surface area contributed by atoms with Gasteiger partial charge in [0.2, 0.25) is 5.65 Å². The van der Waals surface area contributed by atoms with E-state index in [-0.39, 0.29) is 41.7 Å². The Bertz CT molecular complexity index is 1500. The highest BCUT2D eigenvalue weighted by Gasteiger charge is 2.48. The van der Waals surface area contributed by atoms with E-state index in [0.29, 0.717) is 40.1 Å². The normalized spacial score (nSPS) is 20.2. The number of rotatable bonds is 3. The zero-order valence-corrected chi connectivity index (χ0v) is 22.6. The molecule has 0 unspecified atom stereocenters. The lowest BCUT2D eigenvalue weighted by Gasteiger charge is -2.48. The third-order valence-corrected chi connectivity index (χ3v) is 6.49. The molecule has 0 radical (unpaired) electrons. The minimum Gasteiger partial charge on any atom is -0.507 e. The van der Waals surface area contributed by atoms with Crippen LogP contribution in [0, 0.1) is 0 Å². The fourth-order valence-electron chi connectivity index (χ4n) is 4.94. The van der Waals surface area contributed by atoms with Crippen molar-refractivity contribution in [1.82, 2.24) is 40.1 Å². The van der Waals surface area contributed by atoms with Crippen LogP contribution in [0.1, 0.15) is 40.2 Å². The molecule has 37 heavy (non-hydrogen) atoms.